The molecule has 0 saturated heterocycles. The van der Waals surface area contributed by atoms with Crippen molar-refractivity contribution in [1.82, 2.24) is 0 Å². The highest BCUT2D eigenvalue weighted by Gasteiger charge is 2.21. The molecule has 0 N–H and O–H groups in total. The number of rotatable bonds is 2. The van der Waals surface area contributed by atoms with Crippen molar-refractivity contribution in [3.8, 4) is 0 Å². The Kier molecular flexibility index (Phi) is 4.85. The lowest BCUT2D eigenvalue weighted by molar-refractivity contribution is 0.129. The van der Waals surface area contributed by atoms with Crippen LogP contribution in [0.25, 0.3) is 0 Å². The average molecular weight is 185 g/mol. The molecule has 2 unspecified atom stereocenters. The summed E-state index contributed by atoms with van der Waals surface area (Å²) in [5.74, 6) is 0. The van der Waals surface area contributed by atoms with Gasteiger partial charge in [-0.3, -0.25) is 0 Å². The van der Waals surface area contributed by atoms with Gasteiger partial charge in [0.05, 0.1) is 0 Å². The lowest BCUT2D eigenvalue weighted by atomic mass is 10.3. The van der Waals surface area contributed by atoms with Crippen molar-refractivity contribution in [2.45, 2.75) is 26.4 Å². The second-order valence-electron chi connectivity index (χ2n) is 1.81. The molecule has 60 valence electrons. The highest BCUT2D eigenvalue weighted by atomic mass is 35.7. The lowest BCUT2D eigenvalue weighted by Gasteiger charge is -2.07. The molecule has 0 radical (unpaired) electrons. The molecular formula is C5H9ClO3S. The van der Waals surface area contributed by atoms with E-state index in [2.05, 4.69) is 4.74 Å². The van der Waals surface area contributed by atoms with Crippen LogP contribution >= 0.6 is 10.7 Å². The summed E-state index contributed by atoms with van der Waals surface area (Å²) in [5, 5.41) is -0.865. The van der Waals surface area contributed by atoms with Crippen LogP contribution in [0.1, 0.15) is 20.3 Å². The number of halogens is 1. The molecule has 0 spiro atoms. The van der Waals surface area contributed by atoms with Crippen molar-refractivity contribution in [3.05, 3.63) is 0 Å². The fourth-order valence-electron chi connectivity index (χ4n) is 0.285. The molecule has 2 atom stereocenters. The van der Waals surface area contributed by atoms with Gasteiger partial charge in [-0.15, -0.1) is 0 Å². The summed E-state index contributed by atoms with van der Waals surface area (Å²) in [6, 6.07) is 0. The molecule has 10 heavy (non-hydrogen) atoms. The van der Waals surface area contributed by atoms with E-state index >= 15 is 0 Å². The van der Waals surface area contributed by atoms with Crippen molar-refractivity contribution in [2.24, 2.45) is 0 Å². The zero-order chi connectivity index (χ0) is 8.15. The first-order chi connectivity index (χ1) is 4.57. The third kappa shape index (κ3) is 3.98. The standard InChI is InChI=1S/C5H9ClO3S/c1-3-4(2)9-5(7)10(6)8/h4H,3H2,1-2H3. The third-order valence-corrected chi connectivity index (χ3v) is 1.74. The summed E-state index contributed by atoms with van der Waals surface area (Å²) in [5.41, 5.74) is 0. The van der Waals surface area contributed by atoms with Crippen LogP contribution in [0.15, 0.2) is 0 Å². The number of hydrogen-bond donors (Lipinski definition) is 0. The first kappa shape index (κ1) is 10.1. The Morgan fingerprint density at radius 2 is 2.40 bits per heavy atom. The van der Waals surface area contributed by atoms with Crippen molar-refractivity contribution >= 4 is 26.4 Å². The van der Waals surface area contributed by atoms with Gasteiger partial charge in [0.25, 0.3) is 0 Å². The molecular weight excluding hydrogens is 176 g/mol. The monoisotopic (exact) mass is 184 g/mol. The molecule has 3 nitrogen and oxygen atoms in total. The van der Waals surface area contributed by atoms with Gasteiger partial charge in [0, 0.05) is 0 Å². The SMILES string of the molecule is CCC(C)OC(=O)[S+]([O-])Cl. The third-order valence-electron chi connectivity index (χ3n) is 1.00. The van der Waals surface area contributed by atoms with Crippen molar-refractivity contribution in [2.75, 3.05) is 0 Å². The second kappa shape index (κ2) is 4.82. The molecule has 0 aromatic carbocycles. The predicted molar refractivity (Wildman–Crippen MR) is 40.2 cm³/mol. The van der Waals surface area contributed by atoms with E-state index in [9.17, 15) is 9.35 Å². The van der Waals surface area contributed by atoms with E-state index in [-0.39, 0.29) is 6.10 Å². The molecule has 0 fully saturated rings. The maximum absolute atomic E-state index is 10.5. The zero-order valence-corrected chi connectivity index (χ0v) is 7.37. The lowest BCUT2D eigenvalue weighted by Crippen LogP contribution is -2.17. The largest absolute Gasteiger partial charge is 0.589 e. The molecule has 0 amide bonds. The van der Waals surface area contributed by atoms with Gasteiger partial charge in [-0.2, -0.15) is 4.79 Å². The van der Waals surface area contributed by atoms with Gasteiger partial charge in [-0.25, -0.2) is 0 Å². The minimum Gasteiger partial charge on any atom is -0.589 e. The molecule has 0 bridgehead atoms. The van der Waals surface area contributed by atoms with Crippen LogP contribution in [0, 0.1) is 0 Å². The maximum Gasteiger partial charge on any atom is 0.544 e. The number of ether oxygens (including phenoxy) is 1. The van der Waals surface area contributed by atoms with E-state index in [4.69, 9.17) is 10.7 Å². The molecule has 0 aliphatic heterocycles. The summed E-state index contributed by atoms with van der Waals surface area (Å²) in [4.78, 5) is 10.5. The Morgan fingerprint density at radius 3 is 2.70 bits per heavy atom. The molecule has 0 aliphatic rings. The van der Waals surface area contributed by atoms with E-state index < -0.39 is 15.7 Å². The van der Waals surface area contributed by atoms with E-state index in [0.29, 0.717) is 6.42 Å². The Bertz CT molecular complexity index is 117. The Hall–Kier alpha value is 0.0700. The number of hydrogen-bond acceptors (Lipinski definition) is 3. The van der Waals surface area contributed by atoms with Gasteiger partial charge in [-0.1, -0.05) is 6.92 Å². The Balaban J connectivity index is 3.57. The normalized spacial score (nSPS) is 16.0. The molecule has 0 rings (SSSR count). The zero-order valence-electron chi connectivity index (χ0n) is 5.80. The van der Waals surface area contributed by atoms with Crippen molar-refractivity contribution in [3.63, 3.8) is 0 Å². The van der Waals surface area contributed by atoms with Crippen LogP contribution in [0.5, 0.6) is 0 Å². The van der Waals surface area contributed by atoms with Gasteiger partial charge in [0.15, 0.2) is 21.1 Å². The summed E-state index contributed by atoms with van der Waals surface area (Å²) >= 11 is 0. The van der Waals surface area contributed by atoms with Crippen LogP contribution in [0.4, 0.5) is 4.79 Å². The van der Waals surface area contributed by atoms with Gasteiger partial charge in [0.1, 0.15) is 6.10 Å². The molecule has 5 heteroatoms. The van der Waals surface area contributed by atoms with Gasteiger partial charge in [-0.05, 0) is 13.3 Å². The highest BCUT2D eigenvalue weighted by Crippen LogP contribution is 2.05. The highest BCUT2D eigenvalue weighted by molar-refractivity contribution is 8.25. The molecule has 0 saturated carbocycles. The fourth-order valence-corrected chi connectivity index (χ4v) is 0.634. The second-order valence-corrected chi connectivity index (χ2v) is 3.43. The van der Waals surface area contributed by atoms with Gasteiger partial charge in [0.2, 0.25) is 0 Å². The first-order valence-electron chi connectivity index (χ1n) is 2.86. The van der Waals surface area contributed by atoms with Gasteiger partial charge < -0.3 is 9.29 Å². The fraction of sp³-hybridized carbons (Fsp3) is 0.800. The van der Waals surface area contributed by atoms with Crippen LogP contribution in [-0.4, -0.2) is 16.0 Å². The minimum absolute atomic E-state index is 0.213. The van der Waals surface area contributed by atoms with E-state index in [0.717, 1.165) is 0 Å². The van der Waals surface area contributed by atoms with Crippen molar-refractivity contribution in [1.29, 1.82) is 0 Å². The maximum atomic E-state index is 10.5. The summed E-state index contributed by atoms with van der Waals surface area (Å²) in [7, 11) is 2.91. The summed E-state index contributed by atoms with van der Waals surface area (Å²) in [6.07, 6.45) is 0.481. The van der Waals surface area contributed by atoms with E-state index in [1.165, 1.54) is 0 Å². The van der Waals surface area contributed by atoms with E-state index in [1.54, 1.807) is 6.92 Å². The van der Waals surface area contributed by atoms with Crippen LogP contribution in [0.2, 0.25) is 0 Å². The topological polar surface area (TPSA) is 49.4 Å². The van der Waals surface area contributed by atoms with Crippen LogP contribution < -0.4 is 0 Å². The average Bonchev–Trinajstić information content (AvgIpc) is 1.87. The predicted octanol–water partition coefficient (Wildman–Crippen LogP) is 1.82. The first-order valence-corrected chi connectivity index (χ1v) is 4.84. The van der Waals surface area contributed by atoms with E-state index in [1.807, 2.05) is 6.92 Å². The smallest absolute Gasteiger partial charge is 0.544 e. The molecule has 0 heterocycles. The summed E-state index contributed by atoms with van der Waals surface area (Å²) in [6.45, 7) is 3.57. The Labute approximate surface area is 67.4 Å². The minimum atomic E-state index is -2.02. The van der Waals surface area contributed by atoms with Gasteiger partial charge >= 0.3 is 5.30 Å². The molecule has 0 aliphatic carbocycles. The molecule has 0 aromatic rings. The number of carbonyl (C=O) groups is 1. The Morgan fingerprint density at radius 1 is 1.90 bits per heavy atom. The quantitative estimate of drug-likeness (QED) is 0.486. The molecule has 0 aromatic heterocycles. The van der Waals surface area contributed by atoms with Crippen LogP contribution in [-0.2, 0) is 15.1 Å². The van der Waals surface area contributed by atoms with Crippen LogP contribution in [0.3, 0.4) is 0 Å². The van der Waals surface area contributed by atoms with Crippen molar-refractivity contribution < 1.29 is 14.1 Å². The number of carbonyl (C=O) groups excluding carboxylic acids is 1. The summed E-state index contributed by atoms with van der Waals surface area (Å²) < 4.78 is 14.8.